The molecule has 0 radical (unpaired) electrons. The van der Waals surface area contributed by atoms with Crippen LogP contribution in [0.2, 0.25) is 0 Å². The summed E-state index contributed by atoms with van der Waals surface area (Å²) in [6, 6.07) is 67.6. The SMILES string of the molecule is c1ccc(-c2ccc3c4ccccc4n(-c4cccc(-c5cccc(-c6nc(-c7ccccc7)nc(-c7cccc8oc9ccccc9c78)n6)c5)c4)c3c2)cc1. The van der Waals surface area contributed by atoms with Crippen LogP contribution in [0.25, 0.3) is 106 Å². The van der Waals surface area contributed by atoms with Crippen LogP contribution in [0.15, 0.2) is 199 Å². The monoisotopic (exact) mass is 716 g/mol. The van der Waals surface area contributed by atoms with E-state index in [0.717, 1.165) is 55.4 Å². The maximum absolute atomic E-state index is 6.25. The van der Waals surface area contributed by atoms with E-state index in [0.29, 0.717) is 17.5 Å². The van der Waals surface area contributed by atoms with Crippen LogP contribution in [0.5, 0.6) is 0 Å². The minimum Gasteiger partial charge on any atom is -0.456 e. The Morgan fingerprint density at radius 1 is 0.339 bits per heavy atom. The first kappa shape index (κ1) is 31.9. The summed E-state index contributed by atoms with van der Waals surface area (Å²) in [7, 11) is 0. The van der Waals surface area contributed by atoms with Crippen molar-refractivity contribution in [1.29, 1.82) is 0 Å². The van der Waals surface area contributed by atoms with Crippen molar-refractivity contribution in [2.75, 3.05) is 0 Å². The Morgan fingerprint density at radius 2 is 0.911 bits per heavy atom. The van der Waals surface area contributed by atoms with Gasteiger partial charge in [-0.2, -0.15) is 0 Å². The van der Waals surface area contributed by atoms with Gasteiger partial charge in [0, 0.05) is 43.9 Å². The molecule has 0 fully saturated rings. The molecule has 0 amide bonds. The molecule has 0 aliphatic rings. The molecule has 0 atom stereocenters. The molecule has 0 aliphatic carbocycles. The van der Waals surface area contributed by atoms with E-state index in [9.17, 15) is 0 Å². The predicted octanol–water partition coefficient (Wildman–Crippen LogP) is 13.2. The molecular weight excluding hydrogens is 685 g/mol. The van der Waals surface area contributed by atoms with Crippen LogP contribution in [0.3, 0.4) is 0 Å². The van der Waals surface area contributed by atoms with E-state index in [1.807, 2.05) is 60.7 Å². The molecule has 3 aromatic heterocycles. The second-order valence-corrected chi connectivity index (χ2v) is 14.0. The highest BCUT2D eigenvalue weighted by molar-refractivity contribution is 6.12. The number of rotatable bonds is 6. The Hall–Kier alpha value is -7.63. The van der Waals surface area contributed by atoms with Crippen LogP contribution in [-0.2, 0) is 0 Å². The average molecular weight is 717 g/mol. The van der Waals surface area contributed by atoms with E-state index in [4.69, 9.17) is 19.4 Å². The standard InChI is InChI=1S/C51H32N4O/c1-3-14-33(15-4-1)37-28-29-41-40-22-7-9-25-44(40)55(45(41)32-37)39-21-12-19-36(31-39)35-18-11-20-38(30-35)50-52-49(34-16-5-2-6-17-34)53-51(54-50)43-24-13-27-47-48(43)42-23-8-10-26-46(42)56-47/h1-32H. The summed E-state index contributed by atoms with van der Waals surface area (Å²) in [4.78, 5) is 15.3. The summed E-state index contributed by atoms with van der Waals surface area (Å²) in [6.45, 7) is 0. The van der Waals surface area contributed by atoms with Crippen LogP contribution in [0.4, 0.5) is 0 Å². The van der Waals surface area contributed by atoms with E-state index in [2.05, 4.69) is 138 Å². The Bertz CT molecular complexity index is 3250. The molecule has 0 saturated carbocycles. The van der Waals surface area contributed by atoms with Crippen molar-refractivity contribution in [1.82, 2.24) is 19.5 Å². The lowest BCUT2D eigenvalue weighted by Gasteiger charge is -2.12. The third kappa shape index (κ3) is 5.37. The van der Waals surface area contributed by atoms with Gasteiger partial charge >= 0.3 is 0 Å². The number of hydrogen-bond donors (Lipinski definition) is 0. The zero-order valence-electron chi connectivity index (χ0n) is 30.2. The molecule has 8 aromatic carbocycles. The highest BCUT2D eigenvalue weighted by Gasteiger charge is 2.19. The van der Waals surface area contributed by atoms with E-state index in [1.165, 1.54) is 32.9 Å². The molecule has 262 valence electrons. The normalized spacial score (nSPS) is 11.6. The van der Waals surface area contributed by atoms with Gasteiger partial charge in [0.25, 0.3) is 0 Å². The number of para-hydroxylation sites is 2. The molecule has 0 unspecified atom stereocenters. The largest absolute Gasteiger partial charge is 0.456 e. The van der Waals surface area contributed by atoms with Gasteiger partial charge < -0.3 is 8.98 Å². The Balaban J connectivity index is 1.05. The minimum atomic E-state index is 0.597. The molecule has 0 aliphatic heterocycles. The quantitative estimate of drug-likeness (QED) is 0.172. The van der Waals surface area contributed by atoms with Crippen molar-refractivity contribution in [3.8, 4) is 62.1 Å². The predicted molar refractivity (Wildman–Crippen MR) is 229 cm³/mol. The third-order valence-electron chi connectivity index (χ3n) is 10.7. The van der Waals surface area contributed by atoms with Crippen LogP contribution in [0.1, 0.15) is 0 Å². The van der Waals surface area contributed by atoms with Gasteiger partial charge in [-0.1, -0.05) is 152 Å². The third-order valence-corrected chi connectivity index (χ3v) is 10.7. The molecule has 3 heterocycles. The number of aromatic nitrogens is 4. The van der Waals surface area contributed by atoms with Gasteiger partial charge in [0.05, 0.1) is 11.0 Å². The van der Waals surface area contributed by atoms with Gasteiger partial charge in [-0.25, -0.2) is 15.0 Å². The van der Waals surface area contributed by atoms with Crippen LogP contribution >= 0.6 is 0 Å². The van der Waals surface area contributed by atoms with Gasteiger partial charge in [0.1, 0.15) is 11.2 Å². The van der Waals surface area contributed by atoms with Crippen LogP contribution < -0.4 is 0 Å². The van der Waals surface area contributed by atoms with Gasteiger partial charge in [-0.05, 0) is 64.7 Å². The second kappa shape index (κ2) is 13.0. The van der Waals surface area contributed by atoms with Crippen molar-refractivity contribution in [3.63, 3.8) is 0 Å². The fourth-order valence-corrected chi connectivity index (χ4v) is 8.02. The number of furan rings is 1. The topological polar surface area (TPSA) is 56.7 Å². The van der Waals surface area contributed by atoms with E-state index in [-0.39, 0.29) is 0 Å². The first-order valence-corrected chi connectivity index (χ1v) is 18.8. The zero-order chi connectivity index (χ0) is 37.0. The maximum Gasteiger partial charge on any atom is 0.164 e. The van der Waals surface area contributed by atoms with Gasteiger partial charge in [-0.15, -0.1) is 0 Å². The summed E-state index contributed by atoms with van der Waals surface area (Å²) < 4.78 is 8.63. The lowest BCUT2D eigenvalue weighted by atomic mass is 10.0. The molecule has 5 nitrogen and oxygen atoms in total. The molecule has 0 saturated heterocycles. The fraction of sp³-hybridized carbons (Fsp3) is 0. The first-order chi connectivity index (χ1) is 27.7. The molecule has 0 N–H and O–H groups in total. The molecule has 56 heavy (non-hydrogen) atoms. The Kier molecular flexibility index (Phi) is 7.42. The van der Waals surface area contributed by atoms with Crippen molar-refractivity contribution in [3.05, 3.63) is 194 Å². The summed E-state index contributed by atoms with van der Waals surface area (Å²) in [5.41, 5.74) is 12.4. The number of fused-ring (bicyclic) bond motifs is 6. The Morgan fingerprint density at radius 3 is 1.75 bits per heavy atom. The van der Waals surface area contributed by atoms with E-state index in [1.54, 1.807) is 0 Å². The Labute approximate surface area is 322 Å². The summed E-state index contributed by atoms with van der Waals surface area (Å²) in [5.74, 6) is 1.82. The number of hydrogen-bond acceptors (Lipinski definition) is 4. The first-order valence-electron chi connectivity index (χ1n) is 18.8. The lowest BCUT2D eigenvalue weighted by molar-refractivity contribution is 0.669. The van der Waals surface area contributed by atoms with Crippen molar-refractivity contribution in [2.24, 2.45) is 0 Å². The highest BCUT2D eigenvalue weighted by atomic mass is 16.3. The molecule has 5 heteroatoms. The van der Waals surface area contributed by atoms with E-state index >= 15 is 0 Å². The van der Waals surface area contributed by atoms with E-state index < -0.39 is 0 Å². The van der Waals surface area contributed by atoms with Crippen molar-refractivity contribution < 1.29 is 4.42 Å². The summed E-state index contributed by atoms with van der Waals surface area (Å²) >= 11 is 0. The fourth-order valence-electron chi connectivity index (χ4n) is 8.02. The van der Waals surface area contributed by atoms with Crippen molar-refractivity contribution in [2.45, 2.75) is 0 Å². The van der Waals surface area contributed by atoms with Crippen LogP contribution in [0, 0.1) is 0 Å². The molecule has 11 aromatic rings. The molecular formula is C51H32N4O. The van der Waals surface area contributed by atoms with Gasteiger partial charge in [0.15, 0.2) is 17.5 Å². The maximum atomic E-state index is 6.25. The molecule has 0 bridgehead atoms. The highest BCUT2D eigenvalue weighted by Crippen LogP contribution is 2.38. The zero-order valence-corrected chi connectivity index (χ0v) is 30.2. The number of benzene rings is 8. The summed E-state index contributed by atoms with van der Waals surface area (Å²) in [6.07, 6.45) is 0. The lowest BCUT2D eigenvalue weighted by Crippen LogP contribution is -2.00. The van der Waals surface area contributed by atoms with Crippen molar-refractivity contribution >= 4 is 43.7 Å². The van der Waals surface area contributed by atoms with Gasteiger partial charge in [0.2, 0.25) is 0 Å². The molecule has 0 spiro atoms. The van der Waals surface area contributed by atoms with Gasteiger partial charge in [-0.3, -0.25) is 0 Å². The average Bonchev–Trinajstić information content (AvgIpc) is 3.83. The number of nitrogens with zero attached hydrogens (tertiary/aromatic N) is 4. The second-order valence-electron chi connectivity index (χ2n) is 14.0. The smallest absolute Gasteiger partial charge is 0.164 e. The summed E-state index contributed by atoms with van der Waals surface area (Å²) in [5, 5.41) is 4.48. The minimum absolute atomic E-state index is 0.597. The molecule has 11 rings (SSSR count). The van der Waals surface area contributed by atoms with Crippen LogP contribution in [-0.4, -0.2) is 19.5 Å².